The quantitative estimate of drug-likeness (QED) is 0.260. The number of ether oxygens (including phenoxy) is 1. The highest BCUT2D eigenvalue weighted by Gasteiger charge is 2.32. The Hall–Kier alpha value is -3.72. The number of rotatable bonds is 7. The molecule has 0 aliphatic carbocycles. The molecule has 4 rings (SSSR count). The van der Waals surface area contributed by atoms with E-state index in [-0.39, 0.29) is 10.8 Å². The van der Waals surface area contributed by atoms with E-state index in [2.05, 4.69) is 105 Å². The number of nitrogens with zero attached hydrogens (tertiary/aromatic N) is 2. The third-order valence-electron chi connectivity index (χ3n) is 6.69. The summed E-state index contributed by atoms with van der Waals surface area (Å²) in [5.74, 6) is 0.751. The Balaban J connectivity index is 1.94. The van der Waals surface area contributed by atoms with Crippen LogP contribution in [0.3, 0.4) is 0 Å². The monoisotopic (exact) mass is 448 g/mol. The molecule has 0 heterocycles. The lowest BCUT2D eigenvalue weighted by Crippen LogP contribution is -2.23. The molecule has 3 heteroatoms. The highest BCUT2D eigenvalue weighted by atomic mass is 16.5. The molecule has 0 aliphatic heterocycles. The SMILES string of the molecule is COc1c(N=Nc2ccccc2)cc(C(C)(C)c2ccccc2)cc1C(C)(C)c1ccccc1. The molecule has 0 amide bonds. The lowest BCUT2D eigenvalue weighted by Gasteiger charge is -2.32. The fourth-order valence-electron chi connectivity index (χ4n) is 4.37. The Morgan fingerprint density at radius 1 is 0.559 bits per heavy atom. The molecular weight excluding hydrogens is 416 g/mol. The van der Waals surface area contributed by atoms with Crippen molar-refractivity contribution in [1.82, 2.24) is 0 Å². The van der Waals surface area contributed by atoms with Crippen LogP contribution in [-0.4, -0.2) is 7.11 Å². The van der Waals surface area contributed by atoms with Gasteiger partial charge in [0.15, 0.2) is 0 Å². The molecule has 0 fully saturated rings. The standard InChI is InChI=1S/C31H32N2O/c1-30(2,23-15-9-6-10-16-23)25-21-27(31(3,4)24-17-11-7-12-18-24)29(34-5)28(22-25)33-32-26-19-13-8-14-20-26/h6-22H,1-5H3. The first-order chi connectivity index (χ1) is 16.3. The van der Waals surface area contributed by atoms with E-state index >= 15 is 0 Å². The summed E-state index contributed by atoms with van der Waals surface area (Å²) in [4.78, 5) is 0. The Morgan fingerprint density at radius 3 is 1.59 bits per heavy atom. The molecule has 0 atom stereocenters. The first kappa shape index (κ1) is 23.4. The van der Waals surface area contributed by atoms with Crippen molar-refractivity contribution in [2.75, 3.05) is 7.11 Å². The molecule has 0 aromatic heterocycles. The smallest absolute Gasteiger partial charge is 0.150 e. The van der Waals surface area contributed by atoms with Gasteiger partial charge in [0, 0.05) is 16.4 Å². The zero-order valence-corrected chi connectivity index (χ0v) is 20.6. The van der Waals surface area contributed by atoms with E-state index in [1.165, 1.54) is 16.7 Å². The Morgan fingerprint density at radius 2 is 1.06 bits per heavy atom. The van der Waals surface area contributed by atoms with Crippen LogP contribution in [0.25, 0.3) is 0 Å². The van der Waals surface area contributed by atoms with Crippen LogP contribution >= 0.6 is 0 Å². The number of hydrogen-bond donors (Lipinski definition) is 0. The van der Waals surface area contributed by atoms with E-state index in [9.17, 15) is 0 Å². The molecule has 0 N–H and O–H groups in total. The molecule has 0 saturated carbocycles. The fraction of sp³-hybridized carbons (Fsp3) is 0.226. The maximum Gasteiger partial charge on any atom is 0.150 e. The molecule has 0 saturated heterocycles. The summed E-state index contributed by atoms with van der Waals surface area (Å²) in [6, 6.07) is 35.3. The topological polar surface area (TPSA) is 34.0 Å². The lowest BCUT2D eigenvalue weighted by molar-refractivity contribution is 0.401. The van der Waals surface area contributed by atoms with Crippen LogP contribution in [0.4, 0.5) is 11.4 Å². The van der Waals surface area contributed by atoms with E-state index in [0.29, 0.717) is 0 Å². The second-order valence-corrected chi connectivity index (χ2v) is 9.59. The summed E-state index contributed by atoms with van der Waals surface area (Å²) in [7, 11) is 1.71. The van der Waals surface area contributed by atoms with E-state index in [1.54, 1.807) is 7.11 Å². The van der Waals surface area contributed by atoms with Crippen molar-refractivity contribution in [3.8, 4) is 5.75 Å². The minimum atomic E-state index is -0.299. The van der Waals surface area contributed by atoms with E-state index in [1.807, 2.05) is 36.4 Å². The van der Waals surface area contributed by atoms with Crippen molar-refractivity contribution >= 4 is 11.4 Å². The van der Waals surface area contributed by atoms with Gasteiger partial charge in [0.05, 0.1) is 12.8 Å². The van der Waals surface area contributed by atoms with Crippen molar-refractivity contribution in [1.29, 1.82) is 0 Å². The summed E-state index contributed by atoms with van der Waals surface area (Å²) in [6.07, 6.45) is 0. The van der Waals surface area contributed by atoms with Crippen LogP contribution in [0.15, 0.2) is 113 Å². The zero-order chi connectivity index (χ0) is 24.2. The normalized spacial score (nSPS) is 12.1. The third kappa shape index (κ3) is 4.65. The highest BCUT2D eigenvalue weighted by Crippen LogP contribution is 2.46. The highest BCUT2D eigenvalue weighted by molar-refractivity contribution is 5.64. The van der Waals surface area contributed by atoms with Gasteiger partial charge in [-0.3, -0.25) is 0 Å². The molecule has 0 aliphatic rings. The van der Waals surface area contributed by atoms with Gasteiger partial charge in [-0.25, -0.2) is 0 Å². The first-order valence-corrected chi connectivity index (χ1v) is 11.6. The van der Waals surface area contributed by atoms with Gasteiger partial charge in [-0.1, -0.05) is 113 Å². The largest absolute Gasteiger partial charge is 0.494 e. The fourth-order valence-corrected chi connectivity index (χ4v) is 4.37. The number of azo groups is 1. The molecule has 172 valence electrons. The van der Waals surface area contributed by atoms with Gasteiger partial charge in [0.2, 0.25) is 0 Å². The van der Waals surface area contributed by atoms with Gasteiger partial charge >= 0.3 is 0 Å². The summed E-state index contributed by atoms with van der Waals surface area (Å²) in [5, 5.41) is 9.20. The van der Waals surface area contributed by atoms with E-state index in [4.69, 9.17) is 4.74 Å². The van der Waals surface area contributed by atoms with Gasteiger partial charge in [-0.05, 0) is 34.9 Å². The molecule has 0 radical (unpaired) electrons. The molecule has 3 nitrogen and oxygen atoms in total. The van der Waals surface area contributed by atoms with Gasteiger partial charge in [-0.15, -0.1) is 5.11 Å². The van der Waals surface area contributed by atoms with Crippen molar-refractivity contribution < 1.29 is 4.74 Å². The van der Waals surface area contributed by atoms with Crippen molar-refractivity contribution in [3.05, 3.63) is 125 Å². The third-order valence-corrected chi connectivity index (χ3v) is 6.69. The van der Waals surface area contributed by atoms with Crippen LogP contribution in [0.2, 0.25) is 0 Å². The summed E-state index contributed by atoms with van der Waals surface area (Å²) in [6.45, 7) is 8.97. The summed E-state index contributed by atoms with van der Waals surface area (Å²) < 4.78 is 5.99. The number of hydrogen-bond acceptors (Lipinski definition) is 3. The molecule has 0 unspecified atom stereocenters. The zero-order valence-electron chi connectivity index (χ0n) is 20.6. The van der Waals surface area contributed by atoms with Gasteiger partial charge < -0.3 is 4.74 Å². The van der Waals surface area contributed by atoms with Crippen LogP contribution in [0.5, 0.6) is 5.75 Å². The molecule has 0 bridgehead atoms. The average Bonchev–Trinajstić information content (AvgIpc) is 2.88. The van der Waals surface area contributed by atoms with Crippen LogP contribution in [0, 0.1) is 0 Å². The van der Waals surface area contributed by atoms with Crippen LogP contribution in [0.1, 0.15) is 49.9 Å². The second-order valence-electron chi connectivity index (χ2n) is 9.59. The van der Waals surface area contributed by atoms with E-state index < -0.39 is 0 Å². The van der Waals surface area contributed by atoms with Gasteiger partial charge in [0.25, 0.3) is 0 Å². The minimum Gasteiger partial charge on any atom is -0.494 e. The van der Waals surface area contributed by atoms with Gasteiger partial charge in [-0.2, -0.15) is 5.11 Å². The minimum absolute atomic E-state index is 0.230. The van der Waals surface area contributed by atoms with Crippen LogP contribution < -0.4 is 4.74 Å². The van der Waals surface area contributed by atoms with Crippen molar-refractivity contribution in [3.63, 3.8) is 0 Å². The maximum atomic E-state index is 5.99. The average molecular weight is 449 g/mol. The van der Waals surface area contributed by atoms with Crippen molar-refractivity contribution in [2.45, 2.75) is 38.5 Å². The molecule has 34 heavy (non-hydrogen) atoms. The molecule has 4 aromatic rings. The predicted octanol–water partition coefficient (Wildman–Crippen LogP) is 8.76. The molecule has 0 spiro atoms. The van der Waals surface area contributed by atoms with Crippen LogP contribution in [-0.2, 0) is 10.8 Å². The summed E-state index contributed by atoms with van der Waals surface area (Å²) in [5.41, 5.74) is 5.72. The number of benzene rings is 4. The van der Waals surface area contributed by atoms with E-state index in [0.717, 1.165) is 22.7 Å². The van der Waals surface area contributed by atoms with Crippen molar-refractivity contribution in [2.24, 2.45) is 10.2 Å². The lowest BCUT2D eigenvalue weighted by atomic mass is 9.72. The molecule has 4 aromatic carbocycles. The predicted molar refractivity (Wildman–Crippen MR) is 141 cm³/mol. The Kier molecular flexibility index (Phi) is 6.65. The summed E-state index contributed by atoms with van der Waals surface area (Å²) >= 11 is 0. The van der Waals surface area contributed by atoms with Gasteiger partial charge in [0.1, 0.15) is 11.4 Å². The first-order valence-electron chi connectivity index (χ1n) is 11.6. The molecular formula is C31H32N2O. The Labute approximate surface area is 203 Å². The maximum absolute atomic E-state index is 5.99. The number of methoxy groups -OCH3 is 1. The second kappa shape index (κ2) is 9.64. The Bertz CT molecular complexity index is 1260.